The Balaban J connectivity index is 0.000000514. The molecule has 25 heteroatoms. The summed E-state index contributed by atoms with van der Waals surface area (Å²) < 4.78 is 22.1. The first-order valence-electron chi connectivity index (χ1n) is 34.8. The number of likely N-dealkylation sites (N-methyl/N-ethyl adjacent to an activating group) is 1. The van der Waals surface area contributed by atoms with Crippen LogP contribution in [0.2, 0.25) is 0 Å². The molecule has 2 saturated heterocycles. The number of amides is 9. The maximum Gasteiger partial charge on any atom is 0.410 e. The molecule has 0 aromatic heterocycles. The maximum atomic E-state index is 13.9. The number of nitrogens with zero attached hydrogens (tertiary/aromatic N) is 4. The van der Waals surface area contributed by atoms with Crippen LogP contribution in [-0.2, 0) is 75.1 Å². The molecule has 7 N–H and O–H groups in total. The fourth-order valence-electron chi connectivity index (χ4n) is 12.4. The van der Waals surface area contributed by atoms with E-state index in [4.69, 9.17) is 24.7 Å². The van der Waals surface area contributed by atoms with Gasteiger partial charge < -0.3 is 70.3 Å². The largest absolute Gasteiger partial charge is 0.463 e. The molecule has 2 aliphatic rings. The lowest BCUT2D eigenvalue weighted by Crippen LogP contribution is -2.54. The number of carbonyl (C=O) groups excluding carboxylic acids is 11. The van der Waals surface area contributed by atoms with Crippen LogP contribution in [0.15, 0.2) is 54.6 Å². The molecule has 13 atom stereocenters. The fourth-order valence-corrected chi connectivity index (χ4v) is 12.4. The third-order valence-electron chi connectivity index (χ3n) is 19.3. The summed E-state index contributed by atoms with van der Waals surface area (Å²) in [7, 11) is 4.99. The van der Waals surface area contributed by atoms with E-state index in [1.165, 1.54) is 11.8 Å². The number of primary amides is 1. The zero-order valence-electron chi connectivity index (χ0n) is 61.0. The summed E-state index contributed by atoms with van der Waals surface area (Å²) in [6, 6.07) is 13.3. The van der Waals surface area contributed by atoms with Gasteiger partial charge in [0, 0.05) is 95.9 Å². The van der Waals surface area contributed by atoms with Gasteiger partial charge in [0.1, 0.15) is 19.0 Å². The molecule has 550 valence electrons. The highest BCUT2D eigenvalue weighted by Crippen LogP contribution is 2.33. The minimum absolute atomic E-state index is 0.0103. The number of aliphatic hydroxyl groups is 2. The monoisotopic (exact) mass is 1380 g/mol. The van der Waals surface area contributed by atoms with Crippen LogP contribution in [0.3, 0.4) is 0 Å². The Morgan fingerprint density at radius 3 is 1.95 bits per heavy atom. The molecular formula is C73H116N8O17. The average molecular weight is 1380 g/mol. The van der Waals surface area contributed by atoms with E-state index in [-0.39, 0.29) is 167 Å². The van der Waals surface area contributed by atoms with E-state index in [1.54, 1.807) is 107 Å². The summed E-state index contributed by atoms with van der Waals surface area (Å²) in [4.78, 5) is 146. The lowest BCUT2D eigenvalue weighted by molar-refractivity contribution is -0.149. The molecule has 0 saturated carbocycles. The van der Waals surface area contributed by atoms with E-state index >= 15 is 0 Å². The molecule has 0 spiro atoms. The van der Waals surface area contributed by atoms with Gasteiger partial charge in [-0.1, -0.05) is 130 Å². The number of nitrogens with two attached hydrogens (primary N) is 1. The first-order valence-corrected chi connectivity index (χ1v) is 34.8. The molecule has 98 heavy (non-hydrogen) atoms. The molecule has 25 nitrogen and oxygen atoms in total. The number of Topliss-reactive ketones (excluding diaryl/α,β-unsaturated/α-hetero) is 2. The Kier molecular flexibility index (Phi) is 36.9. The molecule has 0 radical (unpaired) electrons. The second-order valence-corrected chi connectivity index (χ2v) is 27.6. The molecule has 2 fully saturated rings. The number of carbonyl (C=O) groups is 11. The van der Waals surface area contributed by atoms with E-state index in [9.17, 15) is 63.0 Å². The van der Waals surface area contributed by atoms with Crippen LogP contribution in [0.25, 0.3) is 0 Å². The topological polar surface area (TPSA) is 340 Å². The highest BCUT2D eigenvalue weighted by atomic mass is 16.6. The van der Waals surface area contributed by atoms with Crippen molar-refractivity contribution in [1.29, 1.82) is 0 Å². The average Bonchev–Trinajstić information content (AvgIpc) is 1.48. The minimum atomic E-state index is -0.899. The van der Waals surface area contributed by atoms with Gasteiger partial charge in [-0.25, -0.2) is 9.59 Å². The van der Waals surface area contributed by atoms with Gasteiger partial charge in [-0.15, -0.1) is 0 Å². The van der Waals surface area contributed by atoms with Gasteiger partial charge in [0.05, 0.1) is 68.9 Å². The van der Waals surface area contributed by atoms with Gasteiger partial charge in [0.15, 0.2) is 5.78 Å². The molecule has 2 unspecified atom stereocenters. The summed E-state index contributed by atoms with van der Waals surface area (Å²) in [6.07, 6.45) is 1.03. The second-order valence-electron chi connectivity index (χ2n) is 27.6. The van der Waals surface area contributed by atoms with Crippen LogP contribution in [0.5, 0.6) is 0 Å². The van der Waals surface area contributed by atoms with E-state index in [0.29, 0.717) is 30.5 Å². The molecule has 0 aliphatic carbocycles. The number of benzene rings is 2. The van der Waals surface area contributed by atoms with Crippen LogP contribution in [0, 0.1) is 53.3 Å². The molecule has 2 heterocycles. The third kappa shape index (κ3) is 26.7. The number of urea groups is 1. The van der Waals surface area contributed by atoms with Crippen molar-refractivity contribution in [3.8, 4) is 0 Å². The fraction of sp³-hybridized carbons (Fsp3) is 0.685. The van der Waals surface area contributed by atoms with E-state index < -0.39 is 78.0 Å². The van der Waals surface area contributed by atoms with Crippen molar-refractivity contribution < 1.29 is 81.9 Å². The van der Waals surface area contributed by atoms with Crippen molar-refractivity contribution in [2.24, 2.45) is 59.0 Å². The van der Waals surface area contributed by atoms with Gasteiger partial charge in [-0.2, -0.15) is 0 Å². The Bertz CT molecular complexity index is 2890. The number of esters is 1. The van der Waals surface area contributed by atoms with Gasteiger partial charge in [-0.05, 0) is 86.8 Å². The summed E-state index contributed by atoms with van der Waals surface area (Å²) >= 11 is 0. The second kappa shape index (κ2) is 42.6. The SMILES string of the molecule is CC1CC(=O)N(CCOCCOC(=O)C[C@H](C(=O)N[C@@H](CCCNC(N)=O)C(=O)Cc2ccc(COC(=O)N(C)C(C)C(C)C)cc2)C(C)C)C1=O.CC[C@H](C)[C@@H]([C@@H](CC(=O)N1CCC[C@H]1[C@H](CO)[C@@H](C)C(=O)N[C@H](C)[C@@H](O)c1ccccc1)OC)N(C)C(=O)[C@@H](CC(C)=O)C(C)C. The normalized spacial score (nSPS) is 18.0. The zero-order chi connectivity index (χ0) is 73.7. The predicted molar refractivity (Wildman–Crippen MR) is 370 cm³/mol. The van der Waals surface area contributed by atoms with Crippen molar-refractivity contribution in [3.63, 3.8) is 0 Å². The van der Waals surface area contributed by atoms with Crippen LogP contribution in [-0.4, -0.2) is 198 Å². The zero-order valence-corrected chi connectivity index (χ0v) is 61.0. The number of hydrogen-bond donors (Lipinski definition) is 6. The van der Waals surface area contributed by atoms with Crippen LogP contribution < -0.4 is 21.7 Å². The first kappa shape index (κ1) is 84.9. The van der Waals surface area contributed by atoms with Crippen molar-refractivity contribution >= 4 is 65.1 Å². The van der Waals surface area contributed by atoms with Gasteiger partial charge >= 0.3 is 18.1 Å². The van der Waals surface area contributed by atoms with Crippen molar-refractivity contribution in [3.05, 3.63) is 71.3 Å². The van der Waals surface area contributed by atoms with Crippen molar-refractivity contribution in [2.75, 3.05) is 67.3 Å². The number of imide groups is 1. The smallest absolute Gasteiger partial charge is 0.410 e. The Morgan fingerprint density at radius 2 is 1.40 bits per heavy atom. The van der Waals surface area contributed by atoms with Crippen LogP contribution in [0.1, 0.15) is 171 Å². The third-order valence-corrected chi connectivity index (χ3v) is 19.3. The van der Waals surface area contributed by atoms with E-state index in [2.05, 4.69) is 16.0 Å². The number of ether oxygens (including phenoxy) is 4. The highest BCUT2D eigenvalue weighted by molar-refractivity contribution is 6.03. The van der Waals surface area contributed by atoms with Gasteiger partial charge in [0.25, 0.3) is 0 Å². The number of likely N-dealkylation sites (tertiary alicyclic amines) is 2. The van der Waals surface area contributed by atoms with Gasteiger partial charge in [-0.3, -0.25) is 43.3 Å². The van der Waals surface area contributed by atoms with Crippen molar-refractivity contribution in [2.45, 2.75) is 203 Å². The number of hydrogen-bond acceptors (Lipinski definition) is 17. The summed E-state index contributed by atoms with van der Waals surface area (Å²) in [5, 5.41) is 29.4. The lowest BCUT2D eigenvalue weighted by Gasteiger charge is -2.40. The molecule has 2 aromatic rings. The maximum absolute atomic E-state index is 13.9. The molecule has 9 amide bonds. The summed E-state index contributed by atoms with van der Waals surface area (Å²) in [6.45, 7) is 24.9. The Morgan fingerprint density at radius 1 is 0.765 bits per heavy atom. The number of ketones is 2. The molecule has 4 rings (SSSR count). The number of aliphatic hydroxyl groups excluding tert-OH is 2. The quantitative estimate of drug-likeness (QED) is 0.0223. The number of rotatable bonds is 40. The summed E-state index contributed by atoms with van der Waals surface area (Å²) in [5.74, 6) is -5.10. The lowest BCUT2D eigenvalue weighted by atomic mass is 9.84. The molecular weight excluding hydrogens is 1260 g/mol. The molecule has 2 aromatic carbocycles. The van der Waals surface area contributed by atoms with Crippen LogP contribution in [0.4, 0.5) is 9.59 Å². The number of methoxy groups -OCH3 is 1. The van der Waals surface area contributed by atoms with Crippen molar-refractivity contribution in [1.82, 2.24) is 35.6 Å². The Hall–Kier alpha value is -7.35. The van der Waals surface area contributed by atoms with Crippen LogP contribution >= 0.6 is 0 Å². The molecule has 2 aliphatic heterocycles. The highest BCUT2D eigenvalue weighted by Gasteiger charge is 2.43. The van der Waals surface area contributed by atoms with Gasteiger partial charge in [0.2, 0.25) is 35.4 Å². The molecule has 0 bridgehead atoms. The first-order chi connectivity index (χ1) is 46.2. The standard InChI is InChI=1S/C37H57N5O10.C36H59N3O7/c1-23(2)26(6)41(7)37(49)52-22-28-12-10-27(11-13-28)20-31(43)30(9-8-14-39-36(38)48)40-34(46)29(24(3)4)21-33(45)51-18-17-50-16-15-42-32(44)19-25(5)35(42)47;1-10-23(4)33(38(8)36(45)28(22(2)3)19-24(5)41)31(46-9)20-32(42)39-18-14-17-30(39)29(21-40)25(6)35(44)37-26(7)34(43)27-15-12-11-13-16-27/h10-13,23-26,29-30H,8-9,14-22H2,1-7H3,(H,40,46)(H3,38,39,48);11-13,15-16,22-23,25-26,28-31,33-34,40,43H,10,14,17-21H2,1-9H3,(H,37,44)/t25?,26?,29-,30-;23-,25+,26+,28-,29+,30-,31+,33-,34+/m00/s1. The minimum Gasteiger partial charge on any atom is -0.463 e. The van der Waals surface area contributed by atoms with E-state index in [0.717, 1.165) is 18.4 Å². The number of nitrogens with one attached hydrogen (secondary N) is 3. The van der Waals surface area contributed by atoms with E-state index in [1.807, 2.05) is 66.7 Å². The Labute approximate surface area is 581 Å². The predicted octanol–water partition coefficient (Wildman–Crippen LogP) is 6.95. The summed E-state index contributed by atoms with van der Waals surface area (Å²) in [5.41, 5.74) is 7.31.